The van der Waals surface area contributed by atoms with E-state index in [4.69, 9.17) is 14.6 Å². The van der Waals surface area contributed by atoms with E-state index < -0.39 is 0 Å². The summed E-state index contributed by atoms with van der Waals surface area (Å²) in [5, 5.41) is 25.7. The Labute approximate surface area is 104 Å². The molecule has 2 rings (SSSR count). The smallest absolute Gasteiger partial charge is 0.318 e. The first-order valence-electron chi connectivity index (χ1n) is 5.70. The van der Waals surface area contributed by atoms with Gasteiger partial charge in [-0.15, -0.1) is 5.10 Å². The van der Waals surface area contributed by atoms with Gasteiger partial charge in [0.15, 0.2) is 0 Å². The van der Waals surface area contributed by atoms with Crippen LogP contribution in [-0.2, 0) is 0 Å². The van der Waals surface area contributed by atoms with Crippen molar-refractivity contribution in [2.75, 3.05) is 31.2 Å². The molecule has 0 spiro atoms. The third-order valence-electron chi connectivity index (χ3n) is 2.45. The SMILES string of the molecule is OCCN(CCO)c1nnc(-c2ccccc2)o1. The highest BCUT2D eigenvalue weighted by Gasteiger charge is 2.14. The third kappa shape index (κ3) is 2.85. The number of nitrogens with zero attached hydrogens (tertiary/aromatic N) is 3. The molecule has 1 heterocycles. The maximum absolute atomic E-state index is 8.94. The molecule has 0 aliphatic heterocycles. The van der Waals surface area contributed by atoms with E-state index in [9.17, 15) is 0 Å². The second-order valence-corrected chi connectivity index (χ2v) is 3.69. The van der Waals surface area contributed by atoms with Crippen molar-refractivity contribution in [3.8, 4) is 11.5 Å². The van der Waals surface area contributed by atoms with Gasteiger partial charge in [0, 0.05) is 18.7 Å². The number of anilines is 1. The summed E-state index contributed by atoms with van der Waals surface area (Å²) in [6.07, 6.45) is 0. The fourth-order valence-corrected chi connectivity index (χ4v) is 1.59. The summed E-state index contributed by atoms with van der Waals surface area (Å²) in [7, 11) is 0. The van der Waals surface area contributed by atoms with E-state index in [2.05, 4.69) is 10.2 Å². The number of rotatable bonds is 6. The van der Waals surface area contributed by atoms with Crippen molar-refractivity contribution in [1.82, 2.24) is 10.2 Å². The van der Waals surface area contributed by atoms with Gasteiger partial charge < -0.3 is 19.5 Å². The first-order chi connectivity index (χ1) is 8.85. The van der Waals surface area contributed by atoms with Crippen molar-refractivity contribution in [1.29, 1.82) is 0 Å². The second kappa shape index (κ2) is 6.13. The first kappa shape index (κ1) is 12.5. The van der Waals surface area contributed by atoms with Gasteiger partial charge in [0.25, 0.3) is 0 Å². The third-order valence-corrected chi connectivity index (χ3v) is 2.45. The molecule has 1 aromatic heterocycles. The van der Waals surface area contributed by atoms with Gasteiger partial charge in [0.05, 0.1) is 13.2 Å². The van der Waals surface area contributed by atoms with Crippen LogP contribution in [0.2, 0.25) is 0 Å². The summed E-state index contributed by atoms with van der Waals surface area (Å²) >= 11 is 0. The van der Waals surface area contributed by atoms with Gasteiger partial charge in [0.2, 0.25) is 5.89 Å². The standard InChI is InChI=1S/C12H15N3O3/c16-8-6-15(7-9-17)12-14-13-11(18-12)10-4-2-1-3-5-10/h1-5,16-17H,6-9H2. The Bertz CT molecular complexity index is 466. The molecule has 0 bridgehead atoms. The monoisotopic (exact) mass is 249 g/mol. The van der Waals surface area contributed by atoms with Gasteiger partial charge in [-0.05, 0) is 12.1 Å². The number of hydrogen-bond acceptors (Lipinski definition) is 6. The van der Waals surface area contributed by atoms with Crippen LogP contribution in [-0.4, -0.2) is 46.7 Å². The minimum atomic E-state index is -0.0386. The number of aromatic nitrogens is 2. The molecule has 0 radical (unpaired) electrons. The lowest BCUT2D eigenvalue weighted by molar-refractivity contribution is 0.276. The molecule has 0 saturated heterocycles. The Morgan fingerprint density at radius 1 is 1.00 bits per heavy atom. The average molecular weight is 249 g/mol. The zero-order chi connectivity index (χ0) is 12.8. The zero-order valence-corrected chi connectivity index (χ0v) is 9.86. The molecule has 1 aromatic carbocycles. The quantitative estimate of drug-likeness (QED) is 0.777. The summed E-state index contributed by atoms with van der Waals surface area (Å²) in [5.41, 5.74) is 0.837. The lowest BCUT2D eigenvalue weighted by atomic mass is 10.2. The molecular formula is C12H15N3O3. The predicted molar refractivity (Wildman–Crippen MR) is 66.1 cm³/mol. The second-order valence-electron chi connectivity index (χ2n) is 3.69. The van der Waals surface area contributed by atoms with Gasteiger partial charge in [-0.2, -0.15) is 0 Å². The lowest BCUT2D eigenvalue weighted by Crippen LogP contribution is -2.29. The number of aliphatic hydroxyl groups is 2. The van der Waals surface area contributed by atoms with E-state index >= 15 is 0 Å². The predicted octanol–water partition coefficient (Wildman–Crippen LogP) is 0.528. The highest BCUT2D eigenvalue weighted by atomic mass is 16.4. The van der Waals surface area contributed by atoms with Crippen molar-refractivity contribution in [3.63, 3.8) is 0 Å². The van der Waals surface area contributed by atoms with Crippen LogP contribution in [0.25, 0.3) is 11.5 Å². The van der Waals surface area contributed by atoms with Crippen molar-refractivity contribution in [3.05, 3.63) is 30.3 Å². The summed E-state index contributed by atoms with van der Waals surface area (Å²) in [5.74, 6) is 0.423. The van der Waals surface area contributed by atoms with E-state index in [1.54, 1.807) is 4.90 Å². The number of benzene rings is 1. The van der Waals surface area contributed by atoms with Gasteiger partial charge in [-0.1, -0.05) is 23.3 Å². The summed E-state index contributed by atoms with van der Waals surface area (Å²) in [4.78, 5) is 1.64. The summed E-state index contributed by atoms with van der Waals surface area (Å²) < 4.78 is 5.52. The maximum atomic E-state index is 8.94. The van der Waals surface area contributed by atoms with Crippen LogP contribution >= 0.6 is 0 Å². The molecule has 6 nitrogen and oxygen atoms in total. The van der Waals surface area contributed by atoms with Gasteiger partial charge in [0.1, 0.15) is 0 Å². The molecule has 0 fully saturated rings. The molecule has 0 unspecified atom stereocenters. The van der Waals surface area contributed by atoms with E-state index in [0.717, 1.165) is 5.56 Å². The van der Waals surface area contributed by atoms with Crippen LogP contribution in [0, 0.1) is 0 Å². The highest BCUT2D eigenvalue weighted by Crippen LogP contribution is 2.21. The Balaban J connectivity index is 2.18. The van der Waals surface area contributed by atoms with E-state index in [1.807, 2.05) is 30.3 Å². The van der Waals surface area contributed by atoms with Gasteiger partial charge >= 0.3 is 6.01 Å². The van der Waals surface area contributed by atoms with Crippen LogP contribution in [0.1, 0.15) is 0 Å². The Morgan fingerprint density at radius 3 is 2.28 bits per heavy atom. The Morgan fingerprint density at radius 2 is 1.67 bits per heavy atom. The molecule has 2 N–H and O–H groups in total. The Hall–Kier alpha value is -1.92. The zero-order valence-electron chi connectivity index (χ0n) is 9.86. The molecule has 18 heavy (non-hydrogen) atoms. The van der Waals surface area contributed by atoms with Crippen LogP contribution in [0.3, 0.4) is 0 Å². The van der Waals surface area contributed by atoms with Crippen LogP contribution in [0.5, 0.6) is 0 Å². The molecular weight excluding hydrogens is 234 g/mol. The fourth-order valence-electron chi connectivity index (χ4n) is 1.59. The molecule has 96 valence electrons. The molecule has 0 aliphatic carbocycles. The fraction of sp³-hybridized carbons (Fsp3) is 0.333. The molecule has 6 heteroatoms. The highest BCUT2D eigenvalue weighted by molar-refractivity contribution is 5.53. The molecule has 0 saturated carbocycles. The minimum Gasteiger partial charge on any atom is -0.403 e. The van der Waals surface area contributed by atoms with Gasteiger partial charge in [-0.3, -0.25) is 0 Å². The largest absolute Gasteiger partial charge is 0.403 e. The van der Waals surface area contributed by atoms with Gasteiger partial charge in [-0.25, -0.2) is 0 Å². The van der Waals surface area contributed by atoms with Crippen LogP contribution in [0.15, 0.2) is 34.7 Å². The van der Waals surface area contributed by atoms with Crippen molar-refractivity contribution in [2.24, 2.45) is 0 Å². The molecule has 2 aromatic rings. The summed E-state index contributed by atoms with van der Waals surface area (Å²) in [6, 6.07) is 9.73. The van der Waals surface area contributed by atoms with Crippen LogP contribution in [0.4, 0.5) is 6.01 Å². The molecule has 0 aliphatic rings. The lowest BCUT2D eigenvalue weighted by Gasteiger charge is -2.16. The summed E-state index contributed by atoms with van der Waals surface area (Å²) in [6.45, 7) is 0.611. The van der Waals surface area contributed by atoms with Crippen molar-refractivity contribution in [2.45, 2.75) is 0 Å². The molecule has 0 amide bonds. The topological polar surface area (TPSA) is 82.6 Å². The number of hydrogen-bond donors (Lipinski definition) is 2. The minimum absolute atomic E-state index is 0.0386. The first-order valence-corrected chi connectivity index (χ1v) is 5.70. The van der Waals surface area contributed by atoms with E-state index in [-0.39, 0.29) is 13.2 Å². The van der Waals surface area contributed by atoms with Crippen molar-refractivity contribution >= 4 is 6.01 Å². The van der Waals surface area contributed by atoms with E-state index in [0.29, 0.717) is 25.0 Å². The average Bonchev–Trinajstić information content (AvgIpc) is 2.89. The van der Waals surface area contributed by atoms with Crippen molar-refractivity contribution < 1.29 is 14.6 Å². The van der Waals surface area contributed by atoms with E-state index in [1.165, 1.54) is 0 Å². The molecule has 0 atom stereocenters. The number of aliphatic hydroxyl groups excluding tert-OH is 2. The Kier molecular flexibility index (Phi) is 4.27. The normalized spacial score (nSPS) is 10.6. The maximum Gasteiger partial charge on any atom is 0.318 e. The van der Waals surface area contributed by atoms with Crippen LogP contribution < -0.4 is 4.90 Å².